The number of hydrogen-bond donors (Lipinski definition) is 1. The van der Waals surface area contributed by atoms with Gasteiger partial charge in [0.25, 0.3) is 0 Å². The van der Waals surface area contributed by atoms with Gasteiger partial charge >= 0.3 is 5.97 Å². The molecule has 0 bridgehead atoms. The van der Waals surface area contributed by atoms with Gasteiger partial charge in [0.1, 0.15) is 0 Å². The lowest BCUT2D eigenvalue weighted by molar-refractivity contribution is -0.138. The standard InChI is InChI=1S/C11H19NO2/c13-10(14)9-11(5-6-11)12-7-3-1-2-4-8-12/h1-9H2,(H,13,14). The van der Waals surface area contributed by atoms with Gasteiger partial charge in [0.2, 0.25) is 0 Å². The van der Waals surface area contributed by atoms with Gasteiger partial charge in [0.05, 0.1) is 6.42 Å². The highest BCUT2D eigenvalue weighted by Gasteiger charge is 2.48. The fourth-order valence-electron chi connectivity index (χ4n) is 2.58. The highest BCUT2D eigenvalue weighted by Crippen LogP contribution is 2.45. The van der Waals surface area contributed by atoms with Crippen molar-refractivity contribution < 1.29 is 9.90 Å². The molecule has 0 atom stereocenters. The minimum Gasteiger partial charge on any atom is -0.481 e. The van der Waals surface area contributed by atoms with Crippen LogP contribution < -0.4 is 0 Å². The lowest BCUT2D eigenvalue weighted by Crippen LogP contribution is -2.39. The van der Waals surface area contributed by atoms with E-state index in [0.717, 1.165) is 25.9 Å². The molecule has 2 aliphatic rings. The maximum Gasteiger partial charge on any atom is 0.305 e. The van der Waals surface area contributed by atoms with Crippen molar-refractivity contribution >= 4 is 5.97 Å². The molecule has 0 aromatic carbocycles. The number of carboxylic acids is 1. The first-order valence-corrected chi connectivity index (χ1v) is 5.70. The van der Waals surface area contributed by atoms with Crippen molar-refractivity contribution in [2.24, 2.45) is 0 Å². The largest absolute Gasteiger partial charge is 0.481 e. The van der Waals surface area contributed by atoms with Crippen LogP contribution in [-0.2, 0) is 4.79 Å². The van der Waals surface area contributed by atoms with E-state index in [0.29, 0.717) is 6.42 Å². The Labute approximate surface area is 85.1 Å². The van der Waals surface area contributed by atoms with E-state index < -0.39 is 5.97 Å². The SMILES string of the molecule is O=C(O)CC1(N2CCCCCC2)CC1. The van der Waals surface area contributed by atoms with Gasteiger partial charge in [-0.25, -0.2) is 0 Å². The zero-order valence-corrected chi connectivity index (χ0v) is 8.67. The molecular weight excluding hydrogens is 178 g/mol. The van der Waals surface area contributed by atoms with Gasteiger partial charge in [0.15, 0.2) is 0 Å². The molecule has 2 rings (SSSR count). The van der Waals surface area contributed by atoms with Crippen LogP contribution in [0.4, 0.5) is 0 Å². The van der Waals surface area contributed by atoms with Gasteiger partial charge in [-0.3, -0.25) is 9.69 Å². The molecule has 3 heteroatoms. The van der Waals surface area contributed by atoms with E-state index in [1.165, 1.54) is 25.7 Å². The molecular formula is C11H19NO2. The van der Waals surface area contributed by atoms with Crippen molar-refractivity contribution in [1.82, 2.24) is 4.90 Å². The fourth-order valence-corrected chi connectivity index (χ4v) is 2.58. The predicted octanol–water partition coefficient (Wildman–Crippen LogP) is 1.87. The second-order valence-corrected chi connectivity index (χ2v) is 4.70. The molecule has 1 aliphatic heterocycles. The third-order valence-corrected chi connectivity index (χ3v) is 3.58. The van der Waals surface area contributed by atoms with Crippen LogP contribution in [0, 0.1) is 0 Å². The number of likely N-dealkylation sites (tertiary alicyclic amines) is 1. The molecule has 0 aromatic rings. The molecule has 1 saturated heterocycles. The average molecular weight is 197 g/mol. The monoisotopic (exact) mass is 197 g/mol. The Kier molecular flexibility index (Phi) is 2.77. The summed E-state index contributed by atoms with van der Waals surface area (Å²) in [6, 6.07) is 0. The van der Waals surface area contributed by atoms with Crippen molar-refractivity contribution in [2.45, 2.75) is 50.5 Å². The zero-order chi connectivity index (χ0) is 10.0. The van der Waals surface area contributed by atoms with Crippen molar-refractivity contribution in [3.63, 3.8) is 0 Å². The summed E-state index contributed by atoms with van der Waals surface area (Å²) >= 11 is 0. The van der Waals surface area contributed by atoms with Crippen LogP contribution in [0.3, 0.4) is 0 Å². The molecule has 2 fully saturated rings. The lowest BCUT2D eigenvalue weighted by Gasteiger charge is -2.29. The number of rotatable bonds is 3. The van der Waals surface area contributed by atoms with Crippen LogP contribution in [0.2, 0.25) is 0 Å². The molecule has 1 aliphatic carbocycles. The third-order valence-electron chi connectivity index (χ3n) is 3.58. The normalized spacial score (nSPS) is 26.9. The minimum atomic E-state index is -0.633. The Bertz CT molecular complexity index is 215. The van der Waals surface area contributed by atoms with Crippen LogP contribution in [0.15, 0.2) is 0 Å². The highest BCUT2D eigenvalue weighted by molar-refractivity contribution is 5.69. The molecule has 80 valence electrons. The van der Waals surface area contributed by atoms with E-state index in [9.17, 15) is 4.79 Å². The van der Waals surface area contributed by atoms with Crippen molar-refractivity contribution in [1.29, 1.82) is 0 Å². The first-order chi connectivity index (χ1) is 6.73. The summed E-state index contributed by atoms with van der Waals surface area (Å²) in [6.07, 6.45) is 7.69. The Morgan fingerprint density at radius 2 is 1.71 bits per heavy atom. The van der Waals surface area contributed by atoms with Crippen molar-refractivity contribution in [2.75, 3.05) is 13.1 Å². The van der Waals surface area contributed by atoms with Gasteiger partial charge in [-0.2, -0.15) is 0 Å². The number of carbonyl (C=O) groups is 1. The van der Waals surface area contributed by atoms with Gasteiger partial charge < -0.3 is 5.11 Å². The Morgan fingerprint density at radius 3 is 2.14 bits per heavy atom. The number of nitrogens with zero attached hydrogens (tertiary/aromatic N) is 1. The molecule has 0 unspecified atom stereocenters. The van der Waals surface area contributed by atoms with E-state index in [1.54, 1.807) is 0 Å². The molecule has 0 spiro atoms. The Morgan fingerprint density at radius 1 is 1.14 bits per heavy atom. The van der Waals surface area contributed by atoms with E-state index in [2.05, 4.69) is 4.90 Å². The highest BCUT2D eigenvalue weighted by atomic mass is 16.4. The summed E-state index contributed by atoms with van der Waals surface area (Å²) in [4.78, 5) is 13.2. The molecule has 1 N–H and O–H groups in total. The molecule has 1 heterocycles. The number of hydrogen-bond acceptors (Lipinski definition) is 2. The van der Waals surface area contributed by atoms with Crippen LogP contribution in [-0.4, -0.2) is 34.6 Å². The Balaban J connectivity index is 1.94. The van der Waals surface area contributed by atoms with Crippen LogP contribution in [0.25, 0.3) is 0 Å². The van der Waals surface area contributed by atoms with Gasteiger partial charge in [-0.15, -0.1) is 0 Å². The van der Waals surface area contributed by atoms with E-state index in [4.69, 9.17) is 5.11 Å². The summed E-state index contributed by atoms with van der Waals surface area (Å²) in [5.74, 6) is -0.633. The minimum absolute atomic E-state index is 0.0656. The molecule has 0 aromatic heterocycles. The zero-order valence-electron chi connectivity index (χ0n) is 8.67. The van der Waals surface area contributed by atoms with Crippen LogP contribution >= 0.6 is 0 Å². The van der Waals surface area contributed by atoms with Gasteiger partial charge in [-0.1, -0.05) is 12.8 Å². The van der Waals surface area contributed by atoms with Crippen molar-refractivity contribution in [3.05, 3.63) is 0 Å². The van der Waals surface area contributed by atoms with Gasteiger partial charge in [0, 0.05) is 5.54 Å². The summed E-state index contributed by atoms with van der Waals surface area (Å²) < 4.78 is 0. The first kappa shape index (κ1) is 9.97. The molecule has 0 radical (unpaired) electrons. The van der Waals surface area contributed by atoms with E-state index in [1.807, 2.05) is 0 Å². The Hall–Kier alpha value is -0.570. The smallest absolute Gasteiger partial charge is 0.305 e. The lowest BCUT2D eigenvalue weighted by atomic mass is 10.1. The van der Waals surface area contributed by atoms with Gasteiger partial charge in [-0.05, 0) is 38.8 Å². The molecule has 0 amide bonds. The number of aliphatic carboxylic acids is 1. The maximum atomic E-state index is 10.8. The average Bonchev–Trinajstić information content (AvgIpc) is 2.86. The van der Waals surface area contributed by atoms with E-state index >= 15 is 0 Å². The second-order valence-electron chi connectivity index (χ2n) is 4.70. The number of carboxylic acid groups (broad SMARTS) is 1. The molecule has 1 saturated carbocycles. The summed E-state index contributed by atoms with van der Waals surface area (Å²) in [5.41, 5.74) is 0.0656. The molecule has 3 nitrogen and oxygen atoms in total. The third kappa shape index (κ3) is 2.08. The second kappa shape index (κ2) is 3.89. The summed E-state index contributed by atoms with van der Waals surface area (Å²) in [5, 5.41) is 8.86. The predicted molar refractivity (Wildman–Crippen MR) is 54.3 cm³/mol. The maximum absolute atomic E-state index is 10.8. The first-order valence-electron chi connectivity index (χ1n) is 5.70. The quantitative estimate of drug-likeness (QED) is 0.751. The van der Waals surface area contributed by atoms with Crippen LogP contribution in [0.1, 0.15) is 44.9 Å². The van der Waals surface area contributed by atoms with Crippen molar-refractivity contribution in [3.8, 4) is 0 Å². The van der Waals surface area contributed by atoms with Crippen LogP contribution in [0.5, 0.6) is 0 Å². The summed E-state index contributed by atoms with van der Waals surface area (Å²) in [6.45, 7) is 2.24. The fraction of sp³-hybridized carbons (Fsp3) is 0.909. The summed E-state index contributed by atoms with van der Waals surface area (Å²) in [7, 11) is 0. The molecule has 14 heavy (non-hydrogen) atoms. The van der Waals surface area contributed by atoms with E-state index in [-0.39, 0.29) is 5.54 Å². The topological polar surface area (TPSA) is 40.5 Å².